The molecule has 37 heavy (non-hydrogen) atoms. The Morgan fingerprint density at radius 3 is 2.35 bits per heavy atom. The number of piperazine rings is 1. The summed E-state index contributed by atoms with van der Waals surface area (Å²) in [5, 5.41) is 6.70. The zero-order valence-electron chi connectivity index (χ0n) is 21.6. The number of benzene rings is 2. The van der Waals surface area contributed by atoms with Gasteiger partial charge in [-0.3, -0.25) is 0 Å². The van der Waals surface area contributed by atoms with Crippen molar-refractivity contribution in [3.05, 3.63) is 106 Å². The average molecular weight is 527 g/mol. The minimum atomic E-state index is -0.531. The fourth-order valence-electron chi connectivity index (χ4n) is 4.18. The predicted molar refractivity (Wildman–Crippen MR) is 150 cm³/mol. The van der Waals surface area contributed by atoms with E-state index in [4.69, 9.17) is 33.5 Å². The van der Waals surface area contributed by atoms with Crippen LogP contribution in [-0.4, -0.2) is 30.1 Å². The van der Waals surface area contributed by atoms with Gasteiger partial charge in [0.15, 0.2) is 5.76 Å². The van der Waals surface area contributed by atoms with E-state index in [0.717, 1.165) is 35.6 Å². The molecule has 1 fully saturated rings. The minimum Gasteiger partial charge on any atom is -0.485 e. The maximum Gasteiger partial charge on any atom is 0.161 e. The highest BCUT2D eigenvalue weighted by Crippen LogP contribution is 2.26. The van der Waals surface area contributed by atoms with Crippen molar-refractivity contribution in [1.29, 1.82) is 0 Å². The first-order valence-electron chi connectivity index (χ1n) is 12.0. The van der Waals surface area contributed by atoms with Crippen LogP contribution in [0, 0.1) is 12.7 Å². The number of nitrogens with zero attached hydrogens (tertiary/aromatic N) is 1. The number of ether oxygens (including phenoxy) is 1. The molecule has 0 aliphatic carbocycles. The molecule has 8 N–H and O–H groups in total. The molecule has 0 amide bonds. The van der Waals surface area contributed by atoms with E-state index in [1.54, 1.807) is 13.0 Å². The van der Waals surface area contributed by atoms with Crippen LogP contribution < -0.4 is 27.8 Å². The molecule has 0 radical (unpaired) electrons. The first-order chi connectivity index (χ1) is 17.5. The van der Waals surface area contributed by atoms with Gasteiger partial charge in [-0.2, -0.15) is 0 Å². The molecule has 1 heterocycles. The van der Waals surface area contributed by atoms with E-state index >= 15 is 0 Å². The van der Waals surface area contributed by atoms with Crippen molar-refractivity contribution in [3.8, 4) is 0 Å². The molecule has 1 saturated heterocycles. The van der Waals surface area contributed by atoms with E-state index in [2.05, 4.69) is 42.5 Å². The van der Waals surface area contributed by atoms with E-state index in [9.17, 15) is 4.39 Å². The summed E-state index contributed by atoms with van der Waals surface area (Å²) in [6.45, 7) is 16.2. The van der Waals surface area contributed by atoms with Crippen LogP contribution in [0.15, 0.2) is 78.6 Å². The summed E-state index contributed by atoms with van der Waals surface area (Å²) < 4.78 is 19.6. The van der Waals surface area contributed by atoms with Crippen LogP contribution in [-0.2, 0) is 11.3 Å². The van der Waals surface area contributed by atoms with Gasteiger partial charge in [-0.1, -0.05) is 43.0 Å². The van der Waals surface area contributed by atoms with Crippen molar-refractivity contribution >= 4 is 23.0 Å². The van der Waals surface area contributed by atoms with E-state index in [0.29, 0.717) is 23.3 Å². The largest absolute Gasteiger partial charge is 0.485 e. The molecule has 0 spiro atoms. The number of nitrogens with two attached hydrogens (primary N) is 3. The molecule has 2 unspecified atom stereocenters. The smallest absolute Gasteiger partial charge is 0.161 e. The highest BCUT2D eigenvalue weighted by molar-refractivity contribution is 6.31. The average Bonchev–Trinajstić information content (AvgIpc) is 2.84. The lowest BCUT2D eigenvalue weighted by Crippen LogP contribution is -2.53. The first-order valence-corrected chi connectivity index (χ1v) is 12.4. The summed E-state index contributed by atoms with van der Waals surface area (Å²) in [5.74, 6) is -0.483. The highest BCUT2D eigenvalue weighted by atomic mass is 35.5. The number of anilines is 1. The Balaban J connectivity index is 1.65. The molecule has 0 saturated carbocycles. The van der Waals surface area contributed by atoms with Crippen LogP contribution in [0.5, 0.6) is 0 Å². The van der Waals surface area contributed by atoms with Gasteiger partial charge < -0.3 is 37.5 Å². The van der Waals surface area contributed by atoms with Crippen LogP contribution >= 0.6 is 11.6 Å². The third-order valence-corrected chi connectivity index (χ3v) is 6.58. The number of allylic oxidation sites excluding steroid dienone is 1. The number of hydrogen-bond donors (Lipinski definition) is 5. The van der Waals surface area contributed by atoms with Crippen LogP contribution in [0.3, 0.4) is 0 Å². The molecule has 9 heteroatoms. The number of aryl methyl sites for hydroxylation is 1. The monoisotopic (exact) mass is 526 g/mol. The molecule has 198 valence electrons. The summed E-state index contributed by atoms with van der Waals surface area (Å²) in [6.07, 6.45) is 1.47. The Hall–Kier alpha value is -3.62. The molecule has 1 aliphatic heterocycles. The lowest BCUT2D eigenvalue weighted by atomic mass is 10.1. The number of nitrogens with one attached hydrogen (secondary N) is 2. The molecule has 2 aromatic carbocycles. The second-order valence-corrected chi connectivity index (χ2v) is 9.74. The second kappa shape index (κ2) is 12.1. The Morgan fingerprint density at radius 1 is 1.14 bits per heavy atom. The Labute approximate surface area is 223 Å². The molecule has 2 atom stereocenters. The summed E-state index contributed by atoms with van der Waals surface area (Å²) in [4.78, 5) is 2.30. The van der Waals surface area contributed by atoms with Gasteiger partial charge in [-0.25, -0.2) is 4.39 Å². The SMILES string of the molecule is C=C(Nc1ccc(C(=C)N2CC(C)NC(C)C2)cc1)/C(N)=C/C(OCc1c(C)ccc(F)c1Cl)=C(N)N. The van der Waals surface area contributed by atoms with Crippen LogP contribution in [0.25, 0.3) is 5.70 Å². The van der Waals surface area contributed by atoms with E-state index in [1.807, 2.05) is 24.3 Å². The van der Waals surface area contributed by atoms with Crippen molar-refractivity contribution in [2.75, 3.05) is 18.4 Å². The fraction of sp³-hybridized carbons (Fsp3) is 0.286. The van der Waals surface area contributed by atoms with Gasteiger partial charge in [0.2, 0.25) is 0 Å². The quantitative estimate of drug-likeness (QED) is 0.241. The van der Waals surface area contributed by atoms with Crippen molar-refractivity contribution in [3.63, 3.8) is 0 Å². The molecule has 0 aromatic heterocycles. The van der Waals surface area contributed by atoms with Gasteiger partial charge in [-0.15, -0.1) is 0 Å². The topological polar surface area (TPSA) is 115 Å². The van der Waals surface area contributed by atoms with Crippen molar-refractivity contribution < 1.29 is 9.13 Å². The lowest BCUT2D eigenvalue weighted by Gasteiger charge is -2.38. The first kappa shape index (κ1) is 28.0. The maximum atomic E-state index is 13.8. The Morgan fingerprint density at radius 2 is 1.76 bits per heavy atom. The summed E-state index contributed by atoms with van der Waals surface area (Å²) >= 11 is 6.09. The van der Waals surface area contributed by atoms with Crippen molar-refractivity contribution in [2.24, 2.45) is 17.2 Å². The summed E-state index contributed by atoms with van der Waals surface area (Å²) in [7, 11) is 0. The fourth-order valence-corrected chi connectivity index (χ4v) is 4.44. The molecular weight excluding hydrogens is 491 g/mol. The van der Waals surface area contributed by atoms with Gasteiger partial charge >= 0.3 is 0 Å². The zero-order valence-corrected chi connectivity index (χ0v) is 22.3. The van der Waals surface area contributed by atoms with Crippen LogP contribution in [0.1, 0.15) is 30.5 Å². The minimum absolute atomic E-state index is 0.00919. The molecule has 1 aliphatic rings. The maximum absolute atomic E-state index is 13.8. The summed E-state index contributed by atoms with van der Waals surface area (Å²) in [5.41, 5.74) is 22.6. The Kier molecular flexibility index (Phi) is 9.13. The predicted octanol–water partition coefficient (Wildman–Crippen LogP) is 4.51. The van der Waals surface area contributed by atoms with Crippen LogP contribution in [0.4, 0.5) is 10.1 Å². The van der Waals surface area contributed by atoms with Gasteiger partial charge in [0.1, 0.15) is 18.2 Å². The third-order valence-electron chi connectivity index (χ3n) is 6.17. The van der Waals surface area contributed by atoms with Gasteiger partial charge in [0, 0.05) is 48.2 Å². The number of halogens is 2. The Bertz CT molecular complexity index is 1210. The van der Waals surface area contributed by atoms with E-state index in [-0.39, 0.29) is 28.9 Å². The highest BCUT2D eigenvalue weighted by Gasteiger charge is 2.22. The van der Waals surface area contributed by atoms with Crippen molar-refractivity contribution in [2.45, 2.75) is 39.5 Å². The molecule has 3 rings (SSSR count). The number of rotatable bonds is 9. The summed E-state index contributed by atoms with van der Waals surface area (Å²) in [6, 6.07) is 11.6. The van der Waals surface area contributed by atoms with Crippen molar-refractivity contribution in [1.82, 2.24) is 10.2 Å². The van der Waals surface area contributed by atoms with Gasteiger partial charge in [0.05, 0.1) is 16.4 Å². The molecular formula is C28H36ClFN6O. The second-order valence-electron chi connectivity index (χ2n) is 9.37. The van der Waals surface area contributed by atoms with Gasteiger partial charge in [-0.05, 0) is 50.1 Å². The van der Waals surface area contributed by atoms with Crippen LogP contribution in [0.2, 0.25) is 5.02 Å². The zero-order chi connectivity index (χ0) is 27.3. The number of hydrogen-bond acceptors (Lipinski definition) is 7. The van der Waals surface area contributed by atoms with Gasteiger partial charge in [0.25, 0.3) is 0 Å². The molecule has 2 aromatic rings. The third kappa shape index (κ3) is 7.21. The molecule has 7 nitrogen and oxygen atoms in total. The standard InChI is InChI=1S/C28H36ClFN6O/c1-16-6-11-24(30)27(29)23(16)15-37-26(28(32)33)12-25(31)19(4)35-22-9-7-21(8-10-22)20(5)36-13-17(2)34-18(3)14-36/h6-12,17-18,34-35H,4-5,13-15,31-33H2,1-3H3/b25-12-. The van der Waals surface area contributed by atoms with E-state index in [1.165, 1.54) is 12.1 Å². The van der Waals surface area contributed by atoms with E-state index < -0.39 is 5.82 Å². The molecule has 0 bridgehead atoms. The lowest BCUT2D eigenvalue weighted by molar-refractivity contribution is 0.206. The normalized spacial score (nSPS) is 17.8.